The van der Waals surface area contributed by atoms with Crippen LogP contribution in [-0.4, -0.2) is 31.4 Å². The zero-order chi connectivity index (χ0) is 21.3. The van der Waals surface area contributed by atoms with E-state index in [1.807, 2.05) is 41.8 Å². The summed E-state index contributed by atoms with van der Waals surface area (Å²) in [4.78, 5) is 40.0. The van der Waals surface area contributed by atoms with Crippen LogP contribution in [0.5, 0.6) is 5.75 Å². The van der Waals surface area contributed by atoms with E-state index in [0.717, 1.165) is 10.4 Å². The molecule has 1 aromatic carbocycles. The van der Waals surface area contributed by atoms with Gasteiger partial charge in [-0.05, 0) is 42.5 Å². The molecule has 0 radical (unpaired) electrons. The number of carbonyl (C=O) groups excluding carboxylic acids is 3. The first-order valence-electron chi connectivity index (χ1n) is 9.94. The Balaban J connectivity index is 1.81. The first kappa shape index (κ1) is 20.3. The fourth-order valence-electron chi connectivity index (χ4n) is 4.37. The Kier molecular flexibility index (Phi) is 5.72. The van der Waals surface area contributed by atoms with Gasteiger partial charge in [0.25, 0.3) is 0 Å². The number of benzene rings is 1. The molecular weight excluding hydrogens is 402 g/mol. The van der Waals surface area contributed by atoms with Gasteiger partial charge in [0, 0.05) is 34.4 Å². The predicted molar refractivity (Wildman–Crippen MR) is 112 cm³/mol. The third kappa shape index (κ3) is 3.65. The van der Waals surface area contributed by atoms with Gasteiger partial charge < -0.3 is 14.8 Å². The summed E-state index contributed by atoms with van der Waals surface area (Å²) in [5.74, 6) is -1.92. The van der Waals surface area contributed by atoms with Crippen molar-refractivity contribution in [3.63, 3.8) is 0 Å². The van der Waals surface area contributed by atoms with E-state index in [9.17, 15) is 14.4 Å². The molecule has 0 saturated carbocycles. The second-order valence-electron chi connectivity index (χ2n) is 7.39. The second-order valence-corrected chi connectivity index (χ2v) is 8.37. The molecule has 1 amide bonds. The van der Waals surface area contributed by atoms with Gasteiger partial charge in [-0.2, -0.15) is 0 Å². The molecule has 0 spiro atoms. The molecule has 3 atom stereocenters. The van der Waals surface area contributed by atoms with Gasteiger partial charge in [-0.15, -0.1) is 11.3 Å². The predicted octanol–water partition coefficient (Wildman–Crippen LogP) is 3.55. The van der Waals surface area contributed by atoms with E-state index >= 15 is 0 Å². The van der Waals surface area contributed by atoms with Crippen LogP contribution >= 0.6 is 11.3 Å². The van der Waals surface area contributed by atoms with Crippen LogP contribution < -0.4 is 10.1 Å². The summed E-state index contributed by atoms with van der Waals surface area (Å²) >= 11 is 1.50. The number of ketones is 1. The lowest BCUT2D eigenvalue weighted by Crippen LogP contribution is -2.44. The Morgan fingerprint density at radius 3 is 2.73 bits per heavy atom. The average Bonchev–Trinajstić information content (AvgIpc) is 3.27. The molecule has 1 aliphatic heterocycles. The molecule has 2 heterocycles. The van der Waals surface area contributed by atoms with E-state index in [2.05, 4.69) is 5.32 Å². The zero-order valence-corrected chi connectivity index (χ0v) is 17.7. The summed E-state index contributed by atoms with van der Waals surface area (Å²) in [6.45, 7) is 1.94. The van der Waals surface area contributed by atoms with Crippen molar-refractivity contribution in [3.8, 4) is 5.75 Å². The van der Waals surface area contributed by atoms with Gasteiger partial charge >= 0.3 is 5.97 Å². The molecule has 2 aliphatic rings. The van der Waals surface area contributed by atoms with Crippen molar-refractivity contribution in [2.24, 2.45) is 5.92 Å². The van der Waals surface area contributed by atoms with Gasteiger partial charge in [0.05, 0.1) is 13.7 Å². The van der Waals surface area contributed by atoms with E-state index in [0.29, 0.717) is 23.4 Å². The molecule has 1 aromatic heterocycles. The number of hydrogen-bond donors (Lipinski definition) is 1. The molecule has 1 N–H and O–H groups in total. The molecule has 0 bridgehead atoms. The van der Waals surface area contributed by atoms with Gasteiger partial charge in [0.15, 0.2) is 5.78 Å². The lowest BCUT2D eigenvalue weighted by Gasteiger charge is -2.37. The maximum absolute atomic E-state index is 13.7. The molecule has 0 saturated heterocycles. The van der Waals surface area contributed by atoms with E-state index in [1.54, 1.807) is 14.0 Å². The molecule has 2 aromatic rings. The number of rotatable bonds is 5. The highest BCUT2D eigenvalue weighted by Gasteiger charge is 2.48. The van der Waals surface area contributed by atoms with Crippen LogP contribution in [-0.2, 0) is 19.1 Å². The number of amides is 1. The summed E-state index contributed by atoms with van der Waals surface area (Å²) < 4.78 is 10.6. The summed E-state index contributed by atoms with van der Waals surface area (Å²) in [5, 5.41) is 4.82. The number of methoxy groups -OCH3 is 1. The van der Waals surface area contributed by atoms with Gasteiger partial charge in [0.1, 0.15) is 11.7 Å². The van der Waals surface area contributed by atoms with Crippen molar-refractivity contribution in [1.29, 1.82) is 0 Å². The Hall–Kier alpha value is -2.93. The van der Waals surface area contributed by atoms with E-state index in [4.69, 9.17) is 9.47 Å². The van der Waals surface area contributed by atoms with Crippen LogP contribution in [0.25, 0.3) is 0 Å². The summed E-state index contributed by atoms with van der Waals surface area (Å²) in [6, 6.07) is 11.2. The third-order valence-electron chi connectivity index (χ3n) is 5.67. The Labute approximate surface area is 178 Å². The fraction of sp³-hybridized carbons (Fsp3) is 0.348. The molecule has 0 fully saturated rings. The monoisotopic (exact) mass is 425 g/mol. The first-order chi connectivity index (χ1) is 14.5. The van der Waals surface area contributed by atoms with Crippen molar-refractivity contribution < 1.29 is 23.9 Å². The number of thiophene rings is 1. The first-order valence-corrected chi connectivity index (χ1v) is 10.8. The minimum absolute atomic E-state index is 0.131. The van der Waals surface area contributed by atoms with E-state index in [1.165, 1.54) is 11.3 Å². The lowest BCUT2D eigenvalue weighted by molar-refractivity contribution is -0.152. The van der Waals surface area contributed by atoms with Crippen molar-refractivity contribution in [3.05, 3.63) is 63.5 Å². The van der Waals surface area contributed by atoms with Gasteiger partial charge in [-0.1, -0.05) is 18.2 Å². The van der Waals surface area contributed by atoms with Crippen molar-refractivity contribution in [2.45, 2.75) is 31.6 Å². The maximum Gasteiger partial charge on any atom is 0.317 e. The van der Waals surface area contributed by atoms with Crippen molar-refractivity contribution in [1.82, 2.24) is 5.32 Å². The van der Waals surface area contributed by atoms with E-state index < -0.39 is 17.8 Å². The second kappa shape index (κ2) is 8.44. The average molecular weight is 426 g/mol. The van der Waals surface area contributed by atoms with Crippen molar-refractivity contribution >= 4 is 29.0 Å². The number of allylic oxidation sites excluding steroid dienone is 2. The molecule has 0 unspecified atom stereocenters. The highest BCUT2D eigenvalue weighted by Crippen LogP contribution is 2.46. The third-order valence-corrected chi connectivity index (χ3v) is 6.68. The lowest BCUT2D eigenvalue weighted by atomic mass is 9.69. The fourth-order valence-corrected chi connectivity index (χ4v) is 5.23. The minimum atomic E-state index is -0.912. The number of esters is 1. The maximum atomic E-state index is 13.7. The Bertz CT molecular complexity index is 1010. The summed E-state index contributed by atoms with van der Waals surface area (Å²) in [6.07, 6.45) is 0.564. The summed E-state index contributed by atoms with van der Waals surface area (Å²) in [7, 11) is 1.57. The normalized spacial score (nSPS) is 23.6. The van der Waals surface area contributed by atoms with Crippen LogP contribution in [0, 0.1) is 5.92 Å². The van der Waals surface area contributed by atoms with Crippen LogP contribution in [0.2, 0.25) is 0 Å². The standard InChI is InChI=1S/C23H23NO5S/c1-3-29-23(27)21-16(18-8-5-9-30-18)11-17-20(22(21)26)15(12-19(25)24-17)13-6-4-7-14(10-13)28-2/h4-10,15-16,21H,3,11-12H2,1-2H3,(H,24,25)/t15-,16-,21+/m0/s1. The number of hydrogen-bond acceptors (Lipinski definition) is 6. The topological polar surface area (TPSA) is 81.7 Å². The Morgan fingerprint density at radius 2 is 2.03 bits per heavy atom. The highest BCUT2D eigenvalue weighted by atomic mass is 32.1. The van der Waals surface area contributed by atoms with Crippen molar-refractivity contribution in [2.75, 3.05) is 13.7 Å². The number of Topliss-reactive ketones (excluding diaryl/α,β-unsaturated/α-hetero) is 1. The quantitative estimate of drug-likeness (QED) is 0.585. The van der Waals surface area contributed by atoms with Crippen LogP contribution in [0.15, 0.2) is 53.0 Å². The SMILES string of the molecule is CCOC(=O)[C@H]1C(=O)C2=C(C[C@H]1c1cccs1)NC(=O)C[C@H]2c1cccc(OC)c1. The summed E-state index contributed by atoms with van der Waals surface area (Å²) in [5.41, 5.74) is 1.94. The number of nitrogens with one attached hydrogen (secondary N) is 1. The van der Waals surface area contributed by atoms with Gasteiger partial charge in [-0.25, -0.2) is 0 Å². The highest BCUT2D eigenvalue weighted by molar-refractivity contribution is 7.10. The van der Waals surface area contributed by atoms with Crippen LogP contribution in [0.1, 0.15) is 42.0 Å². The number of carbonyl (C=O) groups is 3. The zero-order valence-electron chi connectivity index (χ0n) is 16.8. The molecule has 1 aliphatic carbocycles. The van der Waals surface area contributed by atoms with Crippen LogP contribution in [0.4, 0.5) is 0 Å². The van der Waals surface area contributed by atoms with Gasteiger partial charge in [0.2, 0.25) is 5.91 Å². The molecule has 30 heavy (non-hydrogen) atoms. The largest absolute Gasteiger partial charge is 0.497 e. The molecular formula is C23H23NO5S. The molecule has 6 nitrogen and oxygen atoms in total. The van der Waals surface area contributed by atoms with Crippen LogP contribution in [0.3, 0.4) is 0 Å². The smallest absolute Gasteiger partial charge is 0.317 e. The number of ether oxygens (including phenoxy) is 2. The Morgan fingerprint density at radius 1 is 1.20 bits per heavy atom. The molecule has 4 rings (SSSR count). The van der Waals surface area contributed by atoms with Gasteiger partial charge in [-0.3, -0.25) is 14.4 Å². The minimum Gasteiger partial charge on any atom is -0.497 e. The molecule has 7 heteroatoms. The molecule has 156 valence electrons. The van der Waals surface area contributed by atoms with E-state index in [-0.39, 0.29) is 30.6 Å².